The number of allylic oxidation sites excluding steroid dienone is 1. The van der Waals surface area contributed by atoms with Crippen LogP contribution in [0.1, 0.15) is 49.8 Å². The second kappa shape index (κ2) is 10.1. The molecule has 0 unspecified atom stereocenters. The molecule has 2 aliphatic rings. The second-order valence-electron chi connectivity index (χ2n) is 9.85. The van der Waals surface area contributed by atoms with Gasteiger partial charge in [0, 0.05) is 23.6 Å². The summed E-state index contributed by atoms with van der Waals surface area (Å²) in [6.07, 6.45) is 1.06. The SMILES string of the molecule is COc1ccc([C@H]2C3=C(C[C@H](c4ccccc4)CC3=O)Nc3ccccc3N2C(=O)C(C)C)cc1OC. The lowest BCUT2D eigenvalue weighted by Gasteiger charge is -2.36. The van der Waals surface area contributed by atoms with Gasteiger partial charge in [0.15, 0.2) is 17.3 Å². The Morgan fingerprint density at radius 3 is 2.30 bits per heavy atom. The van der Waals surface area contributed by atoms with Crippen molar-refractivity contribution in [1.29, 1.82) is 0 Å². The molecule has 1 aliphatic heterocycles. The summed E-state index contributed by atoms with van der Waals surface area (Å²) in [5, 5.41) is 3.58. The minimum atomic E-state index is -0.606. The summed E-state index contributed by atoms with van der Waals surface area (Å²) < 4.78 is 11.1. The largest absolute Gasteiger partial charge is 0.493 e. The number of amides is 1. The van der Waals surface area contributed by atoms with Crippen LogP contribution in [0.5, 0.6) is 11.5 Å². The Labute approximate surface area is 217 Å². The predicted molar refractivity (Wildman–Crippen MR) is 145 cm³/mol. The van der Waals surface area contributed by atoms with Gasteiger partial charge in [-0.15, -0.1) is 0 Å². The van der Waals surface area contributed by atoms with Gasteiger partial charge in [-0.3, -0.25) is 14.5 Å². The second-order valence-corrected chi connectivity index (χ2v) is 9.85. The first-order valence-electron chi connectivity index (χ1n) is 12.6. The lowest BCUT2D eigenvalue weighted by molar-refractivity contribution is -0.121. The molecule has 0 saturated carbocycles. The number of carbonyl (C=O) groups excluding carboxylic acids is 2. The van der Waals surface area contributed by atoms with Gasteiger partial charge >= 0.3 is 0 Å². The molecule has 1 N–H and O–H groups in total. The summed E-state index contributed by atoms with van der Waals surface area (Å²) in [6.45, 7) is 3.77. The van der Waals surface area contributed by atoms with E-state index < -0.39 is 6.04 Å². The van der Waals surface area contributed by atoms with Crippen LogP contribution >= 0.6 is 0 Å². The molecule has 6 heteroatoms. The quantitative estimate of drug-likeness (QED) is 0.452. The van der Waals surface area contributed by atoms with E-state index in [0.29, 0.717) is 29.9 Å². The van der Waals surface area contributed by atoms with Crippen LogP contribution in [0.4, 0.5) is 11.4 Å². The fourth-order valence-corrected chi connectivity index (χ4v) is 5.41. The van der Waals surface area contributed by atoms with Crippen LogP contribution in [0.2, 0.25) is 0 Å². The summed E-state index contributed by atoms with van der Waals surface area (Å²) in [6, 6.07) is 22.9. The summed E-state index contributed by atoms with van der Waals surface area (Å²) in [5.74, 6) is 0.917. The molecule has 1 aliphatic carbocycles. The fraction of sp³-hybridized carbons (Fsp3) is 0.290. The number of hydrogen-bond donors (Lipinski definition) is 1. The normalized spacial score (nSPS) is 19.1. The van der Waals surface area contributed by atoms with Gasteiger partial charge < -0.3 is 14.8 Å². The molecule has 37 heavy (non-hydrogen) atoms. The maximum atomic E-state index is 14.0. The number of nitrogens with one attached hydrogen (secondary N) is 1. The third kappa shape index (κ3) is 4.48. The van der Waals surface area contributed by atoms with Crippen molar-refractivity contribution < 1.29 is 19.1 Å². The van der Waals surface area contributed by atoms with Crippen molar-refractivity contribution in [2.75, 3.05) is 24.4 Å². The zero-order valence-corrected chi connectivity index (χ0v) is 21.7. The Kier molecular flexibility index (Phi) is 6.74. The number of rotatable bonds is 5. The van der Waals surface area contributed by atoms with Gasteiger partial charge in [-0.05, 0) is 47.7 Å². The molecule has 2 atom stereocenters. The number of para-hydroxylation sites is 2. The zero-order valence-electron chi connectivity index (χ0n) is 21.7. The molecule has 190 valence electrons. The number of anilines is 2. The highest BCUT2D eigenvalue weighted by molar-refractivity contribution is 6.06. The van der Waals surface area contributed by atoms with Crippen molar-refractivity contribution >= 4 is 23.1 Å². The molecule has 0 bridgehead atoms. The van der Waals surface area contributed by atoms with Crippen LogP contribution in [0.3, 0.4) is 0 Å². The Hall–Kier alpha value is -4.06. The highest BCUT2D eigenvalue weighted by Crippen LogP contribution is 2.48. The van der Waals surface area contributed by atoms with Crippen molar-refractivity contribution in [2.24, 2.45) is 5.92 Å². The molecule has 0 radical (unpaired) electrons. The minimum Gasteiger partial charge on any atom is -0.493 e. The first-order valence-corrected chi connectivity index (χ1v) is 12.6. The van der Waals surface area contributed by atoms with Gasteiger partial charge in [-0.25, -0.2) is 0 Å². The van der Waals surface area contributed by atoms with Gasteiger partial charge in [0.2, 0.25) is 5.91 Å². The molecular weight excluding hydrogens is 464 g/mol. The summed E-state index contributed by atoms with van der Waals surface area (Å²) in [4.78, 5) is 29.7. The monoisotopic (exact) mass is 496 g/mol. The molecule has 0 fully saturated rings. The van der Waals surface area contributed by atoms with E-state index in [9.17, 15) is 9.59 Å². The minimum absolute atomic E-state index is 0.0387. The van der Waals surface area contributed by atoms with E-state index in [0.717, 1.165) is 28.2 Å². The van der Waals surface area contributed by atoms with Crippen LogP contribution in [-0.2, 0) is 9.59 Å². The summed E-state index contributed by atoms with van der Waals surface area (Å²) in [5.41, 5.74) is 4.98. The Bertz CT molecular complexity index is 1360. The number of methoxy groups -OCH3 is 2. The number of benzene rings is 3. The van der Waals surface area contributed by atoms with Crippen molar-refractivity contribution in [3.63, 3.8) is 0 Å². The van der Waals surface area contributed by atoms with Gasteiger partial charge in [0.25, 0.3) is 0 Å². The first-order chi connectivity index (χ1) is 17.9. The molecule has 1 amide bonds. The number of Topliss-reactive ketones (excluding diaryl/α,β-unsaturated/α-hetero) is 1. The average molecular weight is 497 g/mol. The van der Waals surface area contributed by atoms with E-state index in [-0.39, 0.29) is 23.5 Å². The third-order valence-electron chi connectivity index (χ3n) is 7.21. The maximum Gasteiger partial charge on any atom is 0.230 e. The molecule has 6 nitrogen and oxygen atoms in total. The van der Waals surface area contributed by atoms with E-state index in [2.05, 4.69) is 17.4 Å². The molecule has 0 spiro atoms. The number of fused-ring (bicyclic) bond motifs is 1. The Balaban J connectivity index is 1.74. The zero-order chi connectivity index (χ0) is 26.1. The van der Waals surface area contributed by atoms with E-state index in [1.807, 2.05) is 74.5 Å². The smallest absolute Gasteiger partial charge is 0.230 e. The molecule has 0 saturated heterocycles. The van der Waals surface area contributed by atoms with E-state index in [4.69, 9.17) is 9.47 Å². The van der Waals surface area contributed by atoms with Crippen molar-refractivity contribution in [2.45, 2.75) is 38.6 Å². The fourth-order valence-electron chi connectivity index (χ4n) is 5.41. The van der Waals surface area contributed by atoms with E-state index >= 15 is 0 Å². The average Bonchev–Trinajstić information content (AvgIpc) is 3.07. The lowest BCUT2D eigenvalue weighted by atomic mass is 9.78. The van der Waals surface area contributed by atoms with Gasteiger partial charge in [0.05, 0.1) is 31.6 Å². The highest BCUT2D eigenvalue weighted by Gasteiger charge is 2.42. The topological polar surface area (TPSA) is 67.9 Å². The number of nitrogens with zero attached hydrogens (tertiary/aromatic N) is 1. The number of ether oxygens (including phenoxy) is 2. The summed E-state index contributed by atoms with van der Waals surface area (Å²) in [7, 11) is 3.18. The van der Waals surface area contributed by atoms with Gasteiger partial charge in [0.1, 0.15) is 0 Å². The molecule has 3 aromatic carbocycles. The predicted octanol–water partition coefficient (Wildman–Crippen LogP) is 6.26. The number of ketones is 1. The van der Waals surface area contributed by atoms with Crippen molar-refractivity contribution in [1.82, 2.24) is 0 Å². The first kappa shape index (κ1) is 24.6. The third-order valence-corrected chi connectivity index (χ3v) is 7.21. The van der Waals surface area contributed by atoms with Crippen molar-refractivity contribution in [3.8, 4) is 11.5 Å². The molecular formula is C31H32N2O4. The Morgan fingerprint density at radius 1 is 0.892 bits per heavy atom. The summed E-state index contributed by atoms with van der Waals surface area (Å²) >= 11 is 0. The molecule has 3 aromatic rings. The van der Waals surface area contributed by atoms with Gasteiger partial charge in [-0.2, -0.15) is 0 Å². The molecule has 0 aromatic heterocycles. The van der Waals surface area contributed by atoms with Crippen LogP contribution in [0, 0.1) is 5.92 Å². The standard InChI is InChI=1S/C31H32N2O4/c1-19(2)31(35)33-25-13-9-8-12-23(25)32-24-16-22(20-10-6-5-7-11-20)17-26(34)29(24)30(33)21-14-15-27(36-3)28(18-21)37-4/h5-15,18-19,22,30,32H,16-17H2,1-4H3/t22-,30-/m0/s1. The van der Waals surface area contributed by atoms with Crippen LogP contribution in [-0.4, -0.2) is 25.9 Å². The van der Waals surface area contributed by atoms with Crippen LogP contribution < -0.4 is 19.7 Å². The van der Waals surface area contributed by atoms with Gasteiger partial charge in [-0.1, -0.05) is 62.4 Å². The van der Waals surface area contributed by atoms with E-state index in [1.54, 1.807) is 19.1 Å². The number of hydrogen-bond acceptors (Lipinski definition) is 5. The number of carbonyl (C=O) groups is 2. The van der Waals surface area contributed by atoms with Crippen LogP contribution in [0.15, 0.2) is 84.1 Å². The molecule has 1 heterocycles. The Morgan fingerprint density at radius 2 is 1.59 bits per heavy atom. The highest BCUT2D eigenvalue weighted by atomic mass is 16.5. The van der Waals surface area contributed by atoms with Crippen LogP contribution in [0.25, 0.3) is 0 Å². The molecule has 5 rings (SSSR count). The van der Waals surface area contributed by atoms with Crippen molar-refractivity contribution in [3.05, 3.63) is 95.2 Å². The van der Waals surface area contributed by atoms with E-state index in [1.165, 1.54) is 0 Å². The maximum absolute atomic E-state index is 14.0. The lowest BCUT2D eigenvalue weighted by Crippen LogP contribution is -2.40.